The Bertz CT molecular complexity index is 420. The molecule has 0 amide bonds. The number of hydrogen-bond acceptors (Lipinski definition) is 6. The van der Waals surface area contributed by atoms with Crippen LogP contribution in [-0.4, -0.2) is 54.2 Å². The molecule has 2 rings (SSSR count). The molecule has 1 fully saturated rings. The second kappa shape index (κ2) is 8.15. The molecule has 0 atom stereocenters. The van der Waals surface area contributed by atoms with Gasteiger partial charge in [-0.05, 0) is 47.0 Å². The van der Waals surface area contributed by atoms with Gasteiger partial charge in [0.05, 0.1) is 0 Å². The van der Waals surface area contributed by atoms with Crippen LogP contribution in [0.1, 0.15) is 47.0 Å². The van der Waals surface area contributed by atoms with Crippen molar-refractivity contribution in [3.8, 4) is 0 Å². The normalized spacial score (nSPS) is 15.0. The van der Waals surface area contributed by atoms with Gasteiger partial charge in [-0.15, -0.1) is 0 Å². The number of anilines is 3. The highest BCUT2D eigenvalue weighted by Gasteiger charge is 2.19. The standard InChI is InChI=1S/C16H30N6/c1-5-20(6-2)14-17-15(21(7-3)8-4)19-16(18-14)22-12-10-9-11-13-22/h5-13H2,1-4H3. The van der Waals surface area contributed by atoms with E-state index in [2.05, 4.69) is 42.4 Å². The summed E-state index contributed by atoms with van der Waals surface area (Å²) >= 11 is 0. The van der Waals surface area contributed by atoms with Gasteiger partial charge in [-0.25, -0.2) is 0 Å². The van der Waals surface area contributed by atoms with Crippen molar-refractivity contribution in [2.24, 2.45) is 0 Å². The van der Waals surface area contributed by atoms with Crippen molar-refractivity contribution in [2.75, 3.05) is 54.0 Å². The molecule has 0 radical (unpaired) electrons. The lowest BCUT2D eigenvalue weighted by molar-refractivity contribution is 0.566. The molecule has 6 heteroatoms. The van der Waals surface area contributed by atoms with E-state index in [1.54, 1.807) is 0 Å². The van der Waals surface area contributed by atoms with Crippen LogP contribution in [0.4, 0.5) is 17.8 Å². The first kappa shape index (κ1) is 16.8. The summed E-state index contributed by atoms with van der Waals surface area (Å²) in [6, 6.07) is 0. The average Bonchev–Trinajstić information content (AvgIpc) is 2.58. The topological polar surface area (TPSA) is 48.4 Å². The molecule has 2 heterocycles. The van der Waals surface area contributed by atoms with Gasteiger partial charge in [0.2, 0.25) is 17.8 Å². The Morgan fingerprint density at radius 2 is 1.18 bits per heavy atom. The van der Waals surface area contributed by atoms with Crippen molar-refractivity contribution in [3.63, 3.8) is 0 Å². The van der Waals surface area contributed by atoms with Gasteiger partial charge in [-0.2, -0.15) is 15.0 Å². The van der Waals surface area contributed by atoms with Crippen LogP contribution in [0, 0.1) is 0 Å². The van der Waals surface area contributed by atoms with Crippen LogP contribution < -0.4 is 14.7 Å². The molecule has 6 nitrogen and oxygen atoms in total. The highest BCUT2D eigenvalue weighted by molar-refractivity contribution is 5.46. The van der Waals surface area contributed by atoms with Crippen LogP contribution in [0.2, 0.25) is 0 Å². The molecule has 1 aromatic heterocycles. The number of piperidine rings is 1. The van der Waals surface area contributed by atoms with Crippen LogP contribution in [0.5, 0.6) is 0 Å². The SMILES string of the molecule is CCN(CC)c1nc(N(CC)CC)nc(N2CCCCC2)n1. The molecule has 0 spiro atoms. The molecule has 0 unspecified atom stereocenters. The Kier molecular flexibility index (Phi) is 6.21. The van der Waals surface area contributed by atoms with Crippen molar-refractivity contribution < 1.29 is 0 Å². The van der Waals surface area contributed by atoms with E-state index in [4.69, 9.17) is 15.0 Å². The fourth-order valence-electron chi connectivity index (χ4n) is 2.87. The zero-order valence-electron chi connectivity index (χ0n) is 14.5. The van der Waals surface area contributed by atoms with Gasteiger partial charge < -0.3 is 14.7 Å². The van der Waals surface area contributed by atoms with Crippen molar-refractivity contribution in [2.45, 2.75) is 47.0 Å². The third-order valence-corrected chi connectivity index (χ3v) is 4.33. The average molecular weight is 306 g/mol. The highest BCUT2D eigenvalue weighted by Crippen LogP contribution is 2.21. The van der Waals surface area contributed by atoms with E-state index in [-0.39, 0.29) is 0 Å². The van der Waals surface area contributed by atoms with Gasteiger partial charge in [-0.1, -0.05) is 0 Å². The van der Waals surface area contributed by atoms with E-state index in [9.17, 15) is 0 Å². The molecule has 1 aromatic rings. The zero-order chi connectivity index (χ0) is 15.9. The fourth-order valence-corrected chi connectivity index (χ4v) is 2.87. The van der Waals surface area contributed by atoms with Crippen molar-refractivity contribution in [1.29, 1.82) is 0 Å². The Morgan fingerprint density at radius 3 is 1.59 bits per heavy atom. The smallest absolute Gasteiger partial charge is 0.231 e. The van der Waals surface area contributed by atoms with Crippen LogP contribution in [-0.2, 0) is 0 Å². The maximum atomic E-state index is 4.75. The summed E-state index contributed by atoms with van der Waals surface area (Å²) in [6.45, 7) is 14.3. The lowest BCUT2D eigenvalue weighted by atomic mass is 10.1. The molecule has 1 saturated heterocycles. The summed E-state index contributed by atoms with van der Waals surface area (Å²) in [5.41, 5.74) is 0. The molecule has 0 aliphatic carbocycles. The summed E-state index contributed by atoms with van der Waals surface area (Å²) in [6.07, 6.45) is 3.77. The van der Waals surface area contributed by atoms with Gasteiger partial charge in [0, 0.05) is 39.3 Å². The molecular weight excluding hydrogens is 276 g/mol. The molecule has 0 saturated carbocycles. The minimum absolute atomic E-state index is 0.808. The van der Waals surface area contributed by atoms with Crippen molar-refractivity contribution >= 4 is 17.8 Å². The van der Waals surface area contributed by atoms with E-state index in [0.29, 0.717) is 0 Å². The minimum atomic E-state index is 0.808. The minimum Gasteiger partial charge on any atom is -0.341 e. The summed E-state index contributed by atoms with van der Waals surface area (Å²) in [4.78, 5) is 20.9. The molecule has 1 aliphatic rings. The molecule has 22 heavy (non-hydrogen) atoms. The van der Waals surface area contributed by atoms with Gasteiger partial charge in [0.15, 0.2) is 0 Å². The van der Waals surface area contributed by atoms with E-state index in [1.165, 1.54) is 19.3 Å². The van der Waals surface area contributed by atoms with Gasteiger partial charge >= 0.3 is 0 Å². The summed E-state index contributed by atoms with van der Waals surface area (Å²) < 4.78 is 0. The molecule has 0 bridgehead atoms. The van der Waals surface area contributed by atoms with E-state index in [1.807, 2.05) is 0 Å². The number of hydrogen-bond donors (Lipinski definition) is 0. The molecule has 124 valence electrons. The van der Waals surface area contributed by atoms with Crippen LogP contribution >= 0.6 is 0 Å². The van der Waals surface area contributed by atoms with Gasteiger partial charge in [0.25, 0.3) is 0 Å². The second-order valence-corrected chi connectivity index (χ2v) is 5.63. The Balaban J connectivity index is 2.38. The van der Waals surface area contributed by atoms with Crippen LogP contribution in [0.15, 0.2) is 0 Å². The highest BCUT2D eigenvalue weighted by atomic mass is 15.4. The molecule has 1 aliphatic heterocycles. The Labute approximate surface area is 134 Å². The largest absolute Gasteiger partial charge is 0.341 e. The molecular formula is C16H30N6. The Hall–Kier alpha value is -1.59. The lowest BCUT2D eigenvalue weighted by Gasteiger charge is -2.29. The number of aromatic nitrogens is 3. The quantitative estimate of drug-likeness (QED) is 0.771. The van der Waals surface area contributed by atoms with Crippen molar-refractivity contribution in [1.82, 2.24) is 15.0 Å². The summed E-state index contributed by atoms with van der Waals surface area (Å²) in [7, 11) is 0. The van der Waals surface area contributed by atoms with Crippen LogP contribution in [0.25, 0.3) is 0 Å². The Morgan fingerprint density at radius 1 is 0.727 bits per heavy atom. The third-order valence-electron chi connectivity index (χ3n) is 4.33. The maximum Gasteiger partial charge on any atom is 0.231 e. The van der Waals surface area contributed by atoms with Crippen LogP contribution in [0.3, 0.4) is 0 Å². The predicted molar refractivity (Wildman–Crippen MR) is 93.0 cm³/mol. The first-order chi connectivity index (χ1) is 10.7. The molecule has 0 N–H and O–H groups in total. The van der Waals surface area contributed by atoms with Gasteiger partial charge in [-0.3, -0.25) is 0 Å². The summed E-state index contributed by atoms with van der Waals surface area (Å²) in [5.74, 6) is 2.46. The van der Waals surface area contributed by atoms with E-state index >= 15 is 0 Å². The molecule has 0 aromatic carbocycles. The zero-order valence-corrected chi connectivity index (χ0v) is 14.5. The number of nitrogens with zero attached hydrogens (tertiary/aromatic N) is 6. The fraction of sp³-hybridized carbons (Fsp3) is 0.812. The first-order valence-corrected chi connectivity index (χ1v) is 8.74. The lowest BCUT2D eigenvalue weighted by Crippen LogP contribution is -2.34. The van der Waals surface area contributed by atoms with Crippen molar-refractivity contribution in [3.05, 3.63) is 0 Å². The monoisotopic (exact) mass is 306 g/mol. The third kappa shape index (κ3) is 3.78. The number of rotatable bonds is 7. The van der Waals surface area contributed by atoms with E-state index < -0.39 is 0 Å². The second-order valence-electron chi connectivity index (χ2n) is 5.63. The first-order valence-electron chi connectivity index (χ1n) is 8.74. The maximum absolute atomic E-state index is 4.75. The van der Waals surface area contributed by atoms with E-state index in [0.717, 1.165) is 57.1 Å². The summed E-state index contributed by atoms with van der Waals surface area (Å²) in [5, 5.41) is 0. The van der Waals surface area contributed by atoms with Gasteiger partial charge in [0.1, 0.15) is 0 Å². The predicted octanol–water partition coefficient (Wildman–Crippen LogP) is 2.55.